The third-order valence-electron chi connectivity index (χ3n) is 9.93. The molecule has 3 fully saturated rings. The number of nitrogens with zero attached hydrogens (tertiary/aromatic N) is 1. The van der Waals surface area contributed by atoms with Crippen LogP contribution in [0, 0.1) is 38.7 Å². The maximum Gasteiger partial charge on any atom is 0.306 e. The van der Waals surface area contributed by atoms with Crippen molar-refractivity contribution >= 4 is 39.1 Å². The molecule has 12 heteroatoms. The Morgan fingerprint density at radius 3 is 2.67 bits per heavy atom. The minimum Gasteiger partial charge on any atom is -0.458 e. The van der Waals surface area contributed by atoms with Crippen LogP contribution in [0.1, 0.15) is 71.6 Å². The predicted octanol–water partition coefficient (Wildman–Crippen LogP) is 3.70. The zero-order valence-corrected chi connectivity index (χ0v) is 24.2. The average molecular weight is 586 g/mol. The molecule has 3 saturated carbocycles. The molecule has 10 nitrogen and oxygen atoms in total. The van der Waals surface area contributed by atoms with Crippen LogP contribution >= 0.6 is 21.6 Å². The van der Waals surface area contributed by atoms with Gasteiger partial charge in [0.05, 0.1) is 6.10 Å². The topological polar surface area (TPSA) is 153 Å². The van der Waals surface area contributed by atoms with Crippen LogP contribution in [0.25, 0.3) is 0 Å². The first-order valence-corrected chi connectivity index (χ1v) is 16.3. The number of hydrogen-bond donors (Lipinski definition) is 2. The first kappa shape index (κ1) is 30.3. The number of ether oxygens (including phenoxy) is 1. The summed E-state index contributed by atoms with van der Waals surface area (Å²) in [7, 11) is 2.89. The Bertz CT molecular complexity index is 1020. The van der Waals surface area contributed by atoms with Crippen molar-refractivity contribution in [2.45, 2.75) is 83.3 Å². The third-order valence-corrected chi connectivity index (χ3v) is 12.4. The van der Waals surface area contributed by atoms with Gasteiger partial charge in [0.25, 0.3) is 5.09 Å². The van der Waals surface area contributed by atoms with Gasteiger partial charge in [-0.25, -0.2) is 0 Å². The lowest BCUT2D eigenvalue weighted by atomic mass is 9.45. The van der Waals surface area contributed by atoms with Crippen molar-refractivity contribution in [3.63, 3.8) is 0 Å². The molecule has 7 atom stereocenters. The van der Waals surface area contributed by atoms with E-state index in [1.807, 2.05) is 6.92 Å². The summed E-state index contributed by atoms with van der Waals surface area (Å²) < 4.78 is 5.25. The number of rotatable bonds is 12. The summed E-state index contributed by atoms with van der Waals surface area (Å²) >= 11 is 0. The van der Waals surface area contributed by atoms with E-state index in [0.717, 1.165) is 24.8 Å². The number of fused-ring (bicyclic) bond motifs is 5. The summed E-state index contributed by atoms with van der Waals surface area (Å²) in [6.45, 7) is 3.60. The van der Waals surface area contributed by atoms with Crippen molar-refractivity contribution in [1.82, 2.24) is 0 Å². The lowest BCUT2D eigenvalue weighted by Gasteiger charge is -2.60. The molecule has 0 aliphatic heterocycles. The first-order valence-electron chi connectivity index (χ1n) is 13.8. The Morgan fingerprint density at radius 1 is 1.18 bits per heavy atom. The van der Waals surface area contributed by atoms with Crippen LogP contribution in [0.4, 0.5) is 0 Å². The van der Waals surface area contributed by atoms with E-state index in [9.17, 15) is 34.7 Å². The molecule has 4 aliphatic carbocycles. The molecule has 0 aromatic carbocycles. The zero-order valence-electron chi connectivity index (χ0n) is 22.6. The normalized spacial score (nSPS) is 37.2. The summed E-state index contributed by atoms with van der Waals surface area (Å²) in [6.07, 6.45) is 5.86. The van der Waals surface area contributed by atoms with Gasteiger partial charge in [-0.1, -0.05) is 41.0 Å². The van der Waals surface area contributed by atoms with Crippen molar-refractivity contribution in [3.05, 3.63) is 21.8 Å². The molecule has 4 aliphatic rings. The van der Waals surface area contributed by atoms with Crippen LogP contribution in [0.3, 0.4) is 0 Å². The van der Waals surface area contributed by atoms with Gasteiger partial charge in [-0.15, -0.1) is 10.1 Å². The van der Waals surface area contributed by atoms with Gasteiger partial charge in [-0.3, -0.25) is 14.4 Å². The van der Waals surface area contributed by atoms with Crippen LogP contribution in [0.2, 0.25) is 0 Å². The minimum absolute atomic E-state index is 0.00409. The summed E-state index contributed by atoms with van der Waals surface area (Å²) in [5.41, 5.74) is -1.58. The Kier molecular flexibility index (Phi) is 9.40. The molecular formula is C27H39NO9S2. The molecule has 39 heavy (non-hydrogen) atoms. The van der Waals surface area contributed by atoms with Gasteiger partial charge < -0.3 is 19.8 Å². The molecule has 0 saturated heterocycles. The summed E-state index contributed by atoms with van der Waals surface area (Å²) in [5.74, 6) is 0.449. The Labute approximate surface area is 236 Å². The monoisotopic (exact) mass is 585 g/mol. The molecular weight excluding hydrogens is 546 g/mol. The van der Waals surface area contributed by atoms with Gasteiger partial charge in [0.15, 0.2) is 12.4 Å². The van der Waals surface area contributed by atoms with Gasteiger partial charge in [0, 0.05) is 29.8 Å². The van der Waals surface area contributed by atoms with E-state index in [4.69, 9.17) is 4.74 Å². The second kappa shape index (κ2) is 12.1. The van der Waals surface area contributed by atoms with Gasteiger partial charge in [0.2, 0.25) is 5.78 Å². The molecule has 0 unspecified atom stereocenters. The van der Waals surface area contributed by atoms with Crippen LogP contribution < -0.4 is 0 Å². The van der Waals surface area contributed by atoms with Crippen molar-refractivity contribution in [2.75, 3.05) is 24.7 Å². The minimum atomic E-state index is -1.66. The van der Waals surface area contributed by atoms with Crippen molar-refractivity contribution in [1.29, 1.82) is 0 Å². The van der Waals surface area contributed by atoms with E-state index in [1.54, 1.807) is 6.08 Å². The lowest BCUT2D eigenvalue weighted by molar-refractivity contribution is -0.756. The number of carbonyl (C=O) groups excluding carboxylic acids is 3. The highest BCUT2D eigenvalue weighted by Gasteiger charge is 2.68. The SMILES string of the molecule is C[C@]12CCC(=O)C=C1CC[C@@H]1[C@@H]2[C@@H](O)C[C@@]2(C)[C@H]1CC[C@]2(O)C(=O)COC(=O)CCCSSCCO[N+](=O)[O-]. The van der Waals surface area contributed by atoms with E-state index in [2.05, 4.69) is 11.8 Å². The second-order valence-electron chi connectivity index (χ2n) is 11.9. The van der Waals surface area contributed by atoms with Crippen molar-refractivity contribution < 1.29 is 39.3 Å². The molecule has 4 rings (SSSR count). The molecule has 0 bridgehead atoms. The molecule has 0 aromatic rings. The third kappa shape index (κ3) is 5.90. The summed E-state index contributed by atoms with van der Waals surface area (Å²) in [5, 5.41) is 32.5. The number of aliphatic hydroxyl groups excluding tert-OH is 1. The molecule has 0 spiro atoms. The highest BCUT2D eigenvalue weighted by atomic mass is 33.1. The highest BCUT2D eigenvalue weighted by Crippen LogP contribution is 2.67. The summed E-state index contributed by atoms with van der Waals surface area (Å²) in [4.78, 5) is 52.0. The number of ketones is 2. The van der Waals surface area contributed by atoms with Crippen molar-refractivity contribution in [2.24, 2.45) is 28.6 Å². The smallest absolute Gasteiger partial charge is 0.306 e. The standard InChI is InChI=1S/C27H39NO9S2/c1-25-9-7-18(29)14-17(25)5-6-19-20-8-10-27(33,26(20,2)15-21(30)24(19)25)22(31)16-36-23(32)4-3-12-38-39-13-11-37-28(34)35/h14,19-21,24,30,33H,3-13,15-16H2,1-2H3/t19-,20-,21-,24+,25-,26-,27-/m0/s1. The van der Waals surface area contributed by atoms with E-state index in [-0.39, 0.29) is 48.4 Å². The van der Waals surface area contributed by atoms with Crippen LogP contribution in [0.15, 0.2) is 11.6 Å². The maximum atomic E-state index is 13.3. The van der Waals surface area contributed by atoms with Crippen LogP contribution in [-0.4, -0.2) is 69.3 Å². The van der Waals surface area contributed by atoms with Gasteiger partial charge in [-0.2, -0.15) is 0 Å². The molecule has 0 aromatic heterocycles. The van der Waals surface area contributed by atoms with E-state index in [1.165, 1.54) is 21.6 Å². The number of Topliss-reactive ketones (excluding diaryl/α,β-unsaturated/α-hetero) is 1. The van der Waals surface area contributed by atoms with Crippen LogP contribution in [-0.2, 0) is 24.0 Å². The Morgan fingerprint density at radius 2 is 1.92 bits per heavy atom. The van der Waals surface area contributed by atoms with Gasteiger partial charge in [0.1, 0.15) is 12.2 Å². The zero-order chi connectivity index (χ0) is 28.4. The highest BCUT2D eigenvalue weighted by molar-refractivity contribution is 8.76. The molecule has 0 amide bonds. The fourth-order valence-corrected chi connectivity index (χ4v) is 9.93. The van der Waals surface area contributed by atoms with Gasteiger partial charge >= 0.3 is 5.97 Å². The van der Waals surface area contributed by atoms with Crippen molar-refractivity contribution in [3.8, 4) is 0 Å². The van der Waals surface area contributed by atoms with E-state index >= 15 is 0 Å². The Balaban J connectivity index is 1.30. The van der Waals surface area contributed by atoms with Gasteiger partial charge in [-0.05, 0) is 74.2 Å². The van der Waals surface area contributed by atoms with Crippen LogP contribution in [0.5, 0.6) is 0 Å². The number of aliphatic hydroxyl groups is 2. The lowest BCUT2D eigenvalue weighted by Crippen LogP contribution is -2.62. The second-order valence-corrected chi connectivity index (χ2v) is 14.6. The quantitative estimate of drug-likeness (QED) is 0.113. The fourth-order valence-electron chi connectivity index (χ4n) is 8.03. The molecule has 0 radical (unpaired) electrons. The number of esters is 1. The predicted molar refractivity (Wildman–Crippen MR) is 146 cm³/mol. The fraction of sp³-hybridized carbons (Fsp3) is 0.815. The number of hydrogen-bond acceptors (Lipinski definition) is 11. The molecule has 0 heterocycles. The van der Waals surface area contributed by atoms with E-state index in [0.29, 0.717) is 37.2 Å². The first-order chi connectivity index (χ1) is 18.4. The molecule has 218 valence electrons. The van der Waals surface area contributed by atoms with E-state index < -0.39 is 40.6 Å². The largest absolute Gasteiger partial charge is 0.458 e. The average Bonchev–Trinajstić information content (AvgIpc) is 3.15. The summed E-state index contributed by atoms with van der Waals surface area (Å²) in [6, 6.07) is 0. The number of allylic oxidation sites excluding steroid dienone is 1. The maximum absolute atomic E-state index is 13.3. The molecule has 2 N–H and O–H groups in total. The Hall–Kier alpha value is -1.63. The number of carbonyl (C=O) groups is 3.